The lowest BCUT2D eigenvalue weighted by molar-refractivity contribution is 0.977. The van der Waals surface area contributed by atoms with Gasteiger partial charge in [-0.15, -0.1) is 11.3 Å². The van der Waals surface area contributed by atoms with Gasteiger partial charge in [0, 0.05) is 16.3 Å². The molecule has 0 aliphatic heterocycles. The van der Waals surface area contributed by atoms with Crippen LogP contribution in [0.4, 0.5) is 0 Å². The maximum absolute atomic E-state index is 12.4. The Hall–Kier alpha value is -2.43. The largest absolute Gasteiger partial charge is 0.310 e. The second-order valence-electron chi connectivity index (χ2n) is 5.51. The van der Waals surface area contributed by atoms with Gasteiger partial charge in [-0.25, -0.2) is 4.98 Å². The summed E-state index contributed by atoms with van der Waals surface area (Å²) in [4.78, 5) is 21.7. The van der Waals surface area contributed by atoms with Crippen LogP contribution in [-0.4, -0.2) is 9.97 Å². The van der Waals surface area contributed by atoms with Crippen LogP contribution in [-0.2, 0) is 6.42 Å². The lowest BCUT2D eigenvalue weighted by atomic mass is 10.1. The van der Waals surface area contributed by atoms with Crippen LogP contribution in [0.5, 0.6) is 0 Å². The van der Waals surface area contributed by atoms with Gasteiger partial charge in [0.1, 0.15) is 10.7 Å². The molecule has 0 atom stereocenters. The minimum absolute atomic E-state index is 0.0950. The molecule has 0 aliphatic rings. The average molecular weight is 353 g/mol. The van der Waals surface area contributed by atoms with E-state index in [2.05, 4.69) is 9.97 Å². The average Bonchev–Trinajstić information content (AvgIpc) is 3.03. The third kappa shape index (κ3) is 2.98. The van der Waals surface area contributed by atoms with Crippen molar-refractivity contribution >= 4 is 33.2 Å². The Morgan fingerprint density at radius 3 is 2.54 bits per heavy atom. The SMILES string of the molecule is O=c1[nH]c(Cc2ccc(Cl)cc2)nc2sc(-c3ccccc3)cc12. The Bertz CT molecular complexity index is 1050. The molecule has 1 N–H and O–H groups in total. The molecule has 24 heavy (non-hydrogen) atoms. The molecule has 3 nitrogen and oxygen atoms in total. The standard InChI is InChI=1S/C19H13ClN2OS/c20-14-8-6-12(7-9-14)10-17-21-18(23)15-11-16(24-19(15)22-17)13-4-2-1-3-5-13/h1-9,11H,10H2,(H,21,22,23). The molecule has 4 aromatic rings. The summed E-state index contributed by atoms with van der Waals surface area (Å²) in [6, 6.07) is 19.5. The normalized spacial score (nSPS) is 11.0. The van der Waals surface area contributed by atoms with Gasteiger partial charge < -0.3 is 4.98 Å². The highest BCUT2D eigenvalue weighted by Crippen LogP contribution is 2.30. The number of hydrogen-bond donors (Lipinski definition) is 1. The molecule has 0 bridgehead atoms. The van der Waals surface area contributed by atoms with Gasteiger partial charge in [0.15, 0.2) is 0 Å². The summed E-state index contributed by atoms with van der Waals surface area (Å²) in [5.74, 6) is 0.663. The van der Waals surface area contributed by atoms with Crippen LogP contribution in [0.15, 0.2) is 65.5 Å². The highest BCUT2D eigenvalue weighted by Gasteiger charge is 2.10. The number of benzene rings is 2. The maximum atomic E-state index is 12.4. The van der Waals surface area contributed by atoms with E-state index >= 15 is 0 Å². The molecule has 0 saturated carbocycles. The molecule has 2 aromatic heterocycles. The van der Waals surface area contributed by atoms with Crippen molar-refractivity contribution in [2.75, 3.05) is 0 Å². The van der Waals surface area contributed by atoms with Gasteiger partial charge in [-0.2, -0.15) is 0 Å². The topological polar surface area (TPSA) is 45.8 Å². The second-order valence-corrected chi connectivity index (χ2v) is 6.98. The Morgan fingerprint density at radius 1 is 1.04 bits per heavy atom. The van der Waals surface area contributed by atoms with Crippen molar-refractivity contribution in [3.05, 3.63) is 87.4 Å². The van der Waals surface area contributed by atoms with Crippen molar-refractivity contribution in [1.82, 2.24) is 9.97 Å². The van der Waals surface area contributed by atoms with Gasteiger partial charge in [0.25, 0.3) is 5.56 Å². The van der Waals surface area contributed by atoms with E-state index in [1.807, 2.05) is 60.7 Å². The van der Waals surface area contributed by atoms with Crippen LogP contribution in [0.25, 0.3) is 20.7 Å². The van der Waals surface area contributed by atoms with Gasteiger partial charge >= 0.3 is 0 Å². The van der Waals surface area contributed by atoms with E-state index in [1.165, 1.54) is 11.3 Å². The summed E-state index contributed by atoms with van der Waals surface area (Å²) >= 11 is 7.45. The summed E-state index contributed by atoms with van der Waals surface area (Å²) < 4.78 is 0. The zero-order valence-corrected chi connectivity index (χ0v) is 14.2. The molecule has 2 heterocycles. The maximum Gasteiger partial charge on any atom is 0.259 e. The molecule has 2 aromatic carbocycles. The number of aromatic nitrogens is 2. The van der Waals surface area contributed by atoms with Crippen LogP contribution < -0.4 is 5.56 Å². The Balaban J connectivity index is 1.74. The number of nitrogens with one attached hydrogen (secondary N) is 1. The van der Waals surface area contributed by atoms with Crippen molar-refractivity contribution < 1.29 is 0 Å². The molecule has 0 radical (unpaired) electrons. The van der Waals surface area contributed by atoms with Gasteiger partial charge in [0.2, 0.25) is 0 Å². The molecular formula is C19H13ClN2OS. The number of fused-ring (bicyclic) bond motifs is 1. The molecule has 0 aliphatic carbocycles. The van der Waals surface area contributed by atoms with Crippen LogP contribution >= 0.6 is 22.9 Å². The molecular weight excluding hydrogens is 340 g/mol. The van der Waals surface area contributed by atoms with E-state index in [9.17, 15) is 4.79 Å². The number of thiophene rings is 1. The monoisotopic (exact) mass is 352 g/mol. The minimum Gasteiger partial charge on any atom is -0.310 e. The molecule has 0 saturated heterocycles. The molecule has 0 unspecified atom stereocenters. The fourth-order valence-electron chi connectivity index (χ4n) is 2.60. The molecule has 0 spiro atoms. The van der Waals surface area contributed by atoms with Gasteiger partial charge in [-0.05, 0) is 29.3 Å². The summed E-state index contributed by atoms with van der Waals surface area (Å²) in [7, 11) is 0. The number of rotatable bonds is 3. The molecule has 4 rings (SSSR count). The third-order valence-electron chi connectivity index (χ3n) is 3.79. The number of halogens is 1. The number of H-pyrrole nitrogens is 1. The highest BCUT2D eigenvalue weighted by atomic mass is 35.5. The van der Waals surface area contributed by atoms with E-state index in [1.54, 1.807) is 0 Å². The predicted molar refractivity (Wildman–Crippen MR) is 99.9 cm³/mol. The van der Waals surface area contributed by atoms with Gasteiger partial charge in [0.05, 0.1) is 5.39 Å². The lowest BCUT2D eigenvalue weighted by Gasteiger charge is -2.01. The van der Waals surface area contributed by atoms with E-state index in [4.69, 9.17) is 11.6 Å². The highest BCUT2D eigenvalue weighted by molar-refractivity contribution is 7.21. The van der Waals surface area contributed by atoms with Gasteiger partial charge in [-0.1, -0.05) is 54.1 Å². The van der Waals surface area contributed by atoms with E-state index in [-0.39, 0.29) is 5.56 Å². The Kier molecular flexibility index (Phi) is 3.92. The van der Waals surface area contributed by atoms with Crippen LogP contribution in [0.1, 0.15) is 11.4 Å². The molecule has 5 heteroatoms. The number of hydrogen-bond acceptors (Lipinski definition) is 3. The van der Waals surface area contributed by atoms with E-state index in [0.717, 1.165) is 20.8 Å². The zero-order chi connectivity index (χ0) is 16.5. The summed E-state index contributed by atoms with van der Waals surface area (Å²) in [6.07, 6.45) is 0.570. The van der Waals surface area contributed by atoms with Gasteiger partial charge in [-0.3, -0.25) is 4.79 Å². The second kappa shape index (κ2) is 6.23. The zero-order valence-electron chi connectivity index (χ0n) is 12.6. The smallest absolute Gasteiger partial charge is 0.259 e. The first-order valence-electron chi connectivity index (χ1n) is 7.52. The fraction of sp³-hybridized carbons (Fsp3) is 0.0526. The lowest BCUT2D eigenvalue weighted by Crippen LogP contribution is -2.10. The van der Waals surface area contributed by atoms with Crippen LogP contribution in [0.3, 0.4) is 0 Å². The summed E-state index contributed by atoms with van der Waals surface area (Å²) in [5, 5.41) is 1.33. The molecule has 0 amide bonds. The number of nitrogens with zero attached hydrogens (tertiary/aromatic N) is 1. The molecule has 118 valence electrons. The first-order valence-corrected chi connectivity index (χ1v) is 8.71. The Labute approximate surface area is 147 Å². The van der Waals surface area contributed by atoms with Crippen molar-refractivity contribution in [1.29, 1.82) is 0 Å². The minimum atomic E-state index is -0.0950. The third-order valence-corrected chi connectivity index (χ3v) is 5.12. The van der Waals surface area contributed by atoms with Crippen molar-refractivity contribution in [2.45, 2.75) is 6.42 Å². The van der Waals surface area contributed by atoms with E-state index in [0.29, 0.717) is 22.7 Å². The van der Waals surface area contributed by atoms with Crippen LogP contribution in [0, 0.1) is 0 Å². The van der Waals surface area contributed by atoms with Crippen molar-refractivity contribution in [3.63, 3.8) is 0 Å². The number of aromatic amines is 1. The first-order chi connectivity index (χ1) is 11.7. The van der Waals surface area contributed by atoms with Crippen LogP contribution in [0.2, 0.25) is 5.02 Å². The first kappa shape index (κ1) is 15.1. The predicted octanol–water partition coefficient (Wildman–Crippen LogP) is 4.90. The fourth-order valence-corrected chi connectivity index (χ4v) is 3.78. The van der Waals surface area contributed by atoms with E-state index < -0.39 is 0 Å². The Morgan fingerprint density at radius 2 is 1.79 bits per heavy atom. The summed E-state index contributed by atoms with van der Waals surface area (Å²) in [5.41, 5.74) is 2.06. The van der Waals surface area contributed by atoms with Crippen molar-refractivity contribution in [2.24, 2.45) is 0 Å². The molecule has 0 fully saturated rings. The quantitative estimate of drug-likeness (QED) is 0.570. The summed E-state index contributed by atoms with van der Waals surface area (Å²) in [6.45, 7) is 0. The van der Waals surface area contributed by atoms with Crippen molar-refractivity contribution in [3.8, 4) is 10.4 Å².